The maximum atomic E-state index is 11.3. The number of hydrogen-bond acceptors (Lipinski definition) is 1. The van der Waals surface area contributed by atoms with Crippen LogP contribution in [0.15, 0.2) is 24.3 Å². The molecule has 2 nitrogen and oxygen atoms in total. The third-order valence-electron chi connectivity index (χ3n) is 1.83. The largest absolute Gasteiger partial charge is 0.310 e. The summed E-state index contributed by atoms with van der Waals surface area (Å²) in [6.45, 7) is 5.58. The minimum atomic E-state index is 0.0706. The monoisotopic (exact) mass is 176 g/mol. The Hall–Kier alpha value is -1.31. The molecule has 0 aliphatic heterocycles. The van der Waals surface area contributed by atoms with Crippen LogP contribution in [-0.2, 0) is 4.79 Å². The number of rotatable bonds is 2. The molecule has 2 heteroatoms. The fourth-order valence-corrected chi connectivity index (χ4v) is 1.38. The third-order valence-corrected chi connectivity index (χ3v) is 1.83. The molecule has 0 N–H and O–H groups in total. The molecular weight excluding hydrogens is 162 g/mol. The Morgan fingerprint density at radius 2 is 1.92 bits per heavy atom. The Bertz CT molecular complexity index is 279. The highest BCUT2D eigenvalue weighted by molar-refractivity contribution is 5.91. The highest BCUT2D eigenvalue weighted by Crippen LogP contribution is 2.15. The van der Waals surface area contributed by atoms with Crippen LogP contribution in [0.4, 0.5) is 5.69 Å². The molecule has 0 unspecified atom stereocenters. The van der Waals surface area contributed by atoms with Gasteiger partial charge in [0.15, 0.2) is 0 Å². The molecule has 1 rings (SSSR count). The zero-order chi connectivity index (χ0) is 9.84. The smallest absolute Gasteiger partial charge is 0.224 e. The summed E-state index contributed by atoms with van der Waals surface area (Å²) < 4.78 is 0. The van der Waals surface area contributed by atoms with E-state index < -0.39 is 0 Å². The van der Waals surface area contributed by atoms with E-state index in [9.17, 15) is 4.79 Å². The molecule has 0 saturated carbocycles. The summed E-state index contributed by atoms with van der Waals surface area (Å²) in [5.41, 5.74) is 0.932. The van der Waals surface area contributed by atoms with Gasteiger partial charge in [-0.3, -0.25) is 4.79 Å². The van der Waals surface area contributed by atoms with Gasteiger partial charge in [-0.15, -0.1) is 0 Å². The molecule has 0 aliphatic rings. The van der Waals surface area contributed by atoms with Gasteiger partial charge >= 0.3 is 0 Å². The molecule has 1 aromatic carbocycles. The number of carbonyl (C=O) groups is 1. The molecule has 0 bridgehead atoms. The number of hydrogen-bond donors (Lipinski definition) is 0. The van der Waals surface area contributed by atoms with Gasteiger partial charge in [0.05, 0.1) is 0 Å². The van der Waals surface area contributed by atoms with E-state index in [1.165, 1.54) is 0 Å². The molecule has 0 heterocycles. The Kier molecular flexibility index (Phi) is 3.07. The van der Waals surface area contributed by atoms with E-state index in [4.69, 9.17) is 0 Å². The van der Waals surface area contributed by atoms with Gasteiger partial charge in [0.25, 0.3) is 0 Å². The third kappa shape index (κ3) is 2.31. The lowest BCUT2D eigenvalue weighted by molar-refractivity contribution is -0.116. The Morgan fingerprint density at radius 3 is 2.31 bits per heavy atom. The van der Waals surface area contributed by atoms with E-state index >= 15 is 0 Å². The van der Waals surface area contributed by atoms with Crippen molar-refractivity contribution in [1.29, 1.82) is 0 Å². The van der Waals surface area contributed by atoms with Crippen molar-refractivity contribution in [3.8, 4) is 0 Å². The van der Waals surface area contributed by atoms with E-state index in [1.807, 2.05) is 38.1 Å². The summed E-state index contributed by atoms with van der Waals surface area (Å²) in [5.74, 6) is 0.0706. The zero-order valence-corrected chi connectivity index (χ0v) is 8.24. The zero-order valence-electron chi connectivity index (χ0n) is 8.24. The van der Waals surface area contributed by atoms with Crippen LogP contribution in [0.2, 0.25) is 0 Å². The van der Waals surface area contributed by atoms with Crippen LogP contribution >= 0.6 is 0 Å². The molecule has 69 valence electrons. The van der Waals surface area contributed by atoms with Crippen LogP contribution in [-0.4, -0.2) is 11.9 Å². The lowest BCUT2D eigenvalue weighted by Gasteiger charge is -2.25. The molecule has 1 aromatic rings. The van der Waals surface area contributed by atoms with Crippen molar-refractivity contribution in [2.45, 2.75) is 26.8 Å². The Balaban J connectivity index is 2.96. The summed E-state index contributed by atoms with van der Waals surface area (Å²) in [4.78, 5) is 13.1. The standard InChI is InChI=1S/C11H14NO/c1-9(2)12(10(3)13)11-7-5-4-6-8-11/h5-9H,1-3H3. The maximum absolute atomic E-state index is 11.3. The first-order valence-electron chi connectivity index (χ1n) is 4.39. The second kappa shape index (κ2) is 4.08. The molecule has 0 aromatic heterocycles. The first-order valence-corrected chi connectivity index (χ1v) is 4.39. The van der Waals surface area contributed by atoms with Gasteiger partial charge in [0.2, 0.25) is 5.91 Å². The predicted molar refractivity (Wildman–Crippen MR) is 53.6 cm³/mol. The van der Waals surface area contributed by atoms with Gasteiger partial charge in [-0.25, -0.2) is 0 Å². The van der Waals surface area contributed by atoms with Crippen molar-refractivity contribution in [3.05, 3.63) is 30.3 Å². The highest BCUT2D eigenvalue weighted by atomic mass is 16.2. The van der Waals surface area contributed by atoms with Crippen molar-refractivity contribution in [2.24, 2.45) is 0 Å². The van der Waals surface area contributed by atoms with E-state index in [0.717, 1.165) is 5.69 Å². The minimum absolute atomic E-state index is 0.0706. The first kappa shape index (κ1) is 9.78. The van der Waals surface area contributed by atoms with Gasteiger partial charge in [-0.05, 0) is 32.0 Å². The Morgan fingerprint density at radius 1 is 1.38 bits per heavy atom. The fraction of sp³-hybridized carbons (Fsp3) is 0.364. The predicted octanol–water partition coefficient (Wildman–Crippen LogP) is 2.25. The summed E-state index contributed by atoms with van der Waals surface area (Å²) in [6, 6.07) is 10.5. The first-order chi connectivity index (χ1) is 6.13. The van der Waals surface area contributed by atoms with E-state index in [0.29, 0.717) is 0 Å². The van der Waals surface area contributed by atoms with Gasteiger partial charge in [-0.2, -0.15) is 0 Å². The number of amides is 1. The van der Waals surface area contributed by atoms with Crippen molar-refractivity contribution in [1.82, 2.24) is 0 Å². The van der Waals surface area contributed by atoms with Crippen LogP contribution in [0.3, 0.4) is 0 Å². The van der Waals surface area contributed by atoms with Crippen LogP contribution in [0.5, 0.6) is 0 Å². The summed E-state index contributed by atoms with van der Waals surface area (Å²) in [7, 11) is 0. The second-order valence-corrected chi connectivity index (χ2v) is 3.24. The number of benzene rings is 1. The van der Waals surface area contributed by atoms with Gasteiger partial charge in [0.1, 0.15) is 0 Å². The molecule has 0 aliphatic carbocycles. The van der Waals surface area contributed by atoms with E-state index in [-0.39, 0.29) is 11.9 Å². The van der Waals surface area contributed by atoms with Crippen molar-refractivity contribution in [3.63, 3.8) is 0 Å². The van der Waals surface area contributed by atoms with Crippen molar-refractivity contribution in [2.75, 3.05) is 4.90 Å². The van der Waals surface area contributed by atoms with Crippen LogP contribution in [0.1, 0.15) is 20.8 Å². The summed E-state index contributed by atoms with van der Waals surface area (Å²) >= 11 is 0. The average molecular weight is 176 g/mol. The lowest BCUT2D eigenvalue weighted by Crippen LogP contribution is -2.34. The molecule has 0 fully saturated rings. The number of carbonyl (C=O) groups excluding carboxylic acids is 1. The average Bonchev–Trinajstić information content (AvgIpc) is 2.04. The molecule has 1 radical (unpaired) electrons. The topological polar surface area (TPSA) is 20.3 Å². The van der Waals surface area contributed by atoms with Gasteiger partial charge < -0.3 is 4.90 Å². The van der Waals surface area contributed by atoms with Crippen LogP contribution in [0.25, 0.3) is 0 Å². The van der Waals surface area contributed by atoms with Crippen molar-refractivity contribution >= 4 is 11.6 Å². The minimum Gasteiger partial charge on any atom is -0.310 e. The van der Waals surface area contributed by atoms with Gasteiger partial charge in [-0.1, -0.05) is 12.1 Å². The summed E-state index contributed by atoms with van der Waals surface area (Å²) in [5, 5.41) is 0. The maximum Gasteiger partial charge on any atom is 0.224 e. The highest BCUT2D eigenvalue weighted by Gasteiger charge is 2.13. The van der Waals surface area contributed by atoms with Crippen LogP contribution in [0, 0.1) is 6.07 Å². The molecule has 0 atom stereocenters. The number of nitrogens with zero attached hydrogens (tertiary/aromatic N) is 1. The van der Waals surface area contributed by atoms with E-state index in [2.05, 4.69) is 6.07 Å². The Labute approximate surface area is 79.2 Å². The van der Waals surface area contributed by atoms with Gasteiger partial charge in [0, 0.05) is 18.7 Å². The quantitative estimate of drug-likeness (QED) is 0.676. The number of anilines is 1. The van der Waals surface area contributed by atoms with Crippen molar-refractivity contribution < 1.29 is 4.79 Å². The SMILES string of the molecule is CC(=O)N(c1cc[c]cc1)C(C)C. The van der Waals surface area contributed by atoms with Crippen LogP contribution < -0.4 is 4.90 Å². The second-order valence-electron chi connectivity index (χ2n) is 3.24. The fourth-order valence-electron chi connectivity index (χ4n) is 1.38. The van der Waals surface area contributed by atoms with E-state index in [1.54, 1.807) is 11.8 Å². The molecular formula is C11H14NO. The lowest BCUT2D eigenvalue weighted by atomic mass is 10.2. The summed E-state index contributed by atoms with van der Waals surface area (Å²) in [6.07, 6.45) is 0. The molecule has 13 heavy (non-hydrogen) atoms. The molecule has 0 spiro atoms. The normalized spacial score (nSPS) is 10.2. The molecule has 1 amide bonds. The molecule has 0 saturated heterocycles.